The third-order valence-electron chi connectivity index (χ3n) is 1.70. The average molecular weight is 227 g/mol. The Morgan fingerprint density at radius 2 is 2.42 bits per heavy atom. The molecule has 3 nitrogen and oxygen atoms in total. The predicted molar refractivity (Wildman–Crippen MR) is 50.3 cm³/mol. The SMILES string of the molecule is COc1cc2c(Br)c[nH]c2cn1. The van der Waals surface area contributed by atoms with E-state index in [9.17, 15) is 0 Å². The first kappa shape index (κ1) is 7.61. The summed E-state index contributed by atoms with van der Waals surface area (Å²) in [6.07, 6.45) is 3.63. The highest BCUT2D eigenvalue weighted by atomic mass is 79.9. The molecule has 0 unspecified atom stereocenters. The highest BCUT2D eigenvalue weighted by Crippen LogP contribution is 2.25. The van der Waals surface area contributed by atoms with Crippen LogP contribution in [0.4, 0.5) is 0 Å². The Hall–Kier alpha value is -1.03. The normalized spacial score (nSPS) is 10.5. The number of nitrogens with one attached hydrogen (secondary N) is 1. The van der Waals surface area contributed by atoms with Crippen LogP contribution in [0, 0.1) is 0 Å². The number of H-pyrrole nitrogens is 1. The zero-order valence-corrected chi connectivity index (χ0v) is 8.05. The summed E-state index contributed by atoms with van der Waals surface area (Å²) in [5.74, 6) is 0.628. The zero-order chi connectivity index (χ0) is 8.55. The van der Waals surface area contributed by atoms with E-state index < -0.39 is 0 Å². The summed E-state index contributed by atoms with van der Waals surface area (Å²) < 4.78 is 6.03. The van der Waals surface area contributed by atoms with E-state index in [1.54, 1.807) is 13.3 Å². The van der Waals surface area contributed by atoms with Gasteiger partial charge in [-0.15, -0.1) is 0 Å². The van der Waals surface area contributed by atoms with Gasteiger partial charge in [0.1, 0.15) is 0 Å². The molecule has 4 heteroatoms. The van der Waals surface area contributed by atoms with E-state index in [1.165, 1.54) is 0 Å². The van der Waals surface area contributed by atoms with Crippen molar-refractivity contribution in [3.63, 3.8) is 0 Å². The Morgan fingerprint density at radius 1 is 1.58 bits per heavy atom. The van der Waals surface area contributed by atoms with Crippen molar-refractivity contribution < 1.29 is 4.74 Å². The Morgan fingerprint density at radius 3 is 3.17 bits per heavy atom. The Kier molecular flexibility index (Phi) is 1.77. The van der Waals surface area contributed by atoms with Crippen molar-refractivity contribution in [1.29, 1.82) is 0 Å². The Bertz CT molecular complexity index is 410. The van der Waals surface area contributed by atoms with E-state index in [0.29, 0.717) is 5.88 Å². The van der Waals surface area contributed by atoms with E-state index in [2.05, 4.69) is 25.9 Å². The lowest BCUT2D eigenvalue weighted by Crippen LogP contribution is -1.85. The number of ether oxygens (including phenoxy) is 1. The van der Waals surface area contributed by atoms with Gasteiger partial charge in [0.25, 0.3) is 0 Å². The monoisotopic (exact) mass is 226 g/mol. The van der Waals surface area contributed by atoms with Crippen molar-refractivity contribution in [1.82, 2.24) is 9.97 Å². The van der Waals surface area contributed by atoms with E-state index in [4.69, 9.17) is 4.74 Å². The van der Waals surface area contributed by atoms with Crippen molar-refractivity contribution in [2.24, 2.45) is 0 Å². The number of aromatic nitrogens is 2. The minimum atomic E-state index is 0.628. The Balaban J connectivity index is 2.71. The molecule has 0 bridgehead atoms. The van der Waals surface area contributed by atoms with Crippen LogP contribution in [0.1, 0.15) is 0 Å². The van der Waals surface area contributed by atoms with Gasteiger partial charge in [0.15, 0.2) is 0 Å². The minimum absolute atomic E-state index is 0.628. The number of halogens is 1. The van der Waals surface area contributed by atoms with Crippen LogP contribution in [-0.4, -0.2) is 17.1 Å². The summed E-state index contributed by atoms with van der Waals surface area (Å²) in [4.78, 5) is 7.14. The van der Waals surface area contributed by atoms with Crippen LogP contribution in [0.5, 0.6) is 5.88 Å². The lowest BCUT2D eigenvalue weighted by molar-refractivity contribution is 0.398. The summed E-state index contributed by atoms with van der Waals surface area (Å²) in [5, 5.41) is 1.09. The maximum atomic E-state index is 5.00. The van der Waals surface area contributed by atoms with Gasteiger partial charge in [0.2, 0.25) is 5.88 Å². The quantitative estimate of drug-likeness (QED) is 0.811. The fourth-order valence-corrected chi connectivity index (χ4v) is 1.52. The Labute approximate surface area is 77.9 Å². The average Bonchev–Trinajstić information content (AvgIpc) is 2.47. The maximum Gasteiger partial charge on any atom is 0.213 e. The van der Waals surface area contributed by atoms with Crippen LogP contribution in [0.2, 0.25) is 0 Å². The molecule has 2 heterocycles. The van der Waals surface area contributed by atoms with Crippen molar-refractivity contribution >= 4 is 26.8 Å². The van der Waals surface area contributed by atoms with Gasteiger partial charge < -0.3 is 9.72 Å². The molecule has 0 spiro atoms. The van der Waals surface area contributed by atoms with E-state index >= 15 is 0 Å². The van der Waals surface area contributed by atoms with Gasteiger partial charge in [-0.3, -0.25) is 0 Å². The molecule has 0 aliphatic heterocycles. The molecule has 2 rings (SSSR count). The lowest BCUT2D eigenvalue weighted by Gasteiger charge is -1.96. The molecule has 0 aliphatic rings. The summed E-state index contributed by atoms with van der Waals surface area (Å²) >= 11 is 3.42. The number of hydrogen-bond acceptors (Lipinski definition) is 2. The number of fused-ring (bicyclic) bond motifs is 1. The first-order valence-corrected chi connectivity index (χ1v) is 4.27. The number of rotatable bonds is 1. The van der Waals surface area contributed by atoms with Crippen LogP contribution >= 0.6 is 15.9 Å². The van der Waals surface area contributed by atoms with Gasteiger partial charge >= 0.3 is 0 Å². The van der Waals surface area contributed by atoms with Gasteiger partial charge in [0.05, 0.1) is 18.8 Å². The third kappa shape index (κ3) is 1.08. The second-order valence-corrected chi connectivity index (χ2v) is 3.26. The molecule has 2 aromatic rings. The molecule has 0 radical (unpaired) electrons. The molecule has 0 aliphatic carbocycles. The summed E-state index contributed by atoms with van der Waals surface area (Å²) in [6, 6.07) is 1.88. The van der Waals surface area contributed by atoms with E-state index in [0.717, 1.165) is 15.4 Å². The highest BCUT2D eigenvalue weighted by Gasteiger charge is 2.02. The molecule has 2 aromatic heterocycles. The third-order valence-corrected chi connectivity index (χ3v) is 2.36. The molecule has 0 saturated carbocycles. The molecule has 12 heavy (non-hydrogen) atoms. The van der Waals surface area contributed by atoms with Crippen LogP contribution in [-0.2, 0) is 0 Å². The minimum Gasteiger partial charge on any atom is -0.481 e. The van der Waals surface area contributed by atoms with Gasteiger partial charge in [-0.05, 0) is 15.9 Å². The second kappa shape index (κ2) is 2.79. The predicted octanol–water partition coefficient (Wildman–Crippen LogP) is 2.33. The number of hydrogen-bond donors (Lipinski definition) is 1. The second-order valence-electron chi connectivity index (χ2n) is 2.41. The van der Waals surface area contributed by atoms with E-state index in [1.807, 2.05) is 12.3 Å². The smallest absolute Gasteiger partial charge is 0.213 e. The van der Waals surface area contributed by atoms with Crippen molar-refractivity contribution in [2.75, 3.05) is 7.11 Å². The van der Waals surface area contributed by atoms with Crippen LogP contribution < -0.4 is 4.74 Å². The van der Waals surface area contributed by atoms with Crippen molar-refractivity contribution in [2.45, 2.75) is 0 Å². The topological polar surface area (TPSA) is 37.9 Å². The number of methoxy groups -OCH3 is 1. The maximum absolute atomic E-state index is 5.00. The highest BCUT2D eigenvalue weighted by molar-refractivity contribution is 9.10. The summed E-state index contributed by atoms with van der Waals surface area (Å²) in [5.41, 5.74) is 1.00. The molecule has 0 saturated heterocycles. The molecule has 0 amide bonds. The molecular weight excluding hydrogens is 220 g/mol. The standard InChI is InChI=1S/C8H7BrN2O/c1-12-8-2-5-6(9)3-10-7(5)4-11-8/h2-4,10H,1H3. The van der Waals surface area contributed by atoms with Gasteiger partial charge in [-0.2, -0.15) is 0 Å². The lowest BCUT2D eigenvalue weighted by atomic mass is 10.3. The summed E-state index contributed by atoms with van der Waals surface area (Å²) in [6.45, 7) is 0. The van der Waals surface area contributed by atoms with Crippen LogP contribution in [0.25, 0.3) is 10.9 Å². The van der Waals surface area contributed by atoms with E-state index in [-0.39, 0.29) is 0 Å². The van der Waals surface area contributed by atoms with Gasteiger partial charge in [-0.25, -0.2) is 4.98 Å². The molecule has 0 atom stereocenters. The van der Waals surface area contributed by atoms with Crippen LogP contribution in [0.15, 0.2) is 22.9 Å². The molecule has 0 aromatic carbocycles. The first-order valence-electron chi connectivity index (χ1n) is 3.48. The van der Waals surface area contributed by atoms with Crippen molar-refractivity contribution in [3.8, 4) is 5.88 Å². The molecular formula is C8H7BrN2O. The summed E-state index contributed by atoms with van der Waals surface area (Å²) in [7, 11) is 1.61. The van der Waals surface area contributed by atoms with Crippen molar-refractivity contribution in [3.05, 3.63) is 22.9 Å². The number of nitrogens with zero attached hydrogens (tertiary/aromatic N) is 1. The fraction of sp³-hybridized carbons (Fsp3) is 0.125. The fourth-order valence-electron chi connectivity index (χ4n) is 1.08. The zero-order valence-electron chi connectivity index (χ0n) is 6.47. The van der Waals surface area contributed by atoms with Gasteiger partial charge in [-0.1, -0.05) is 0 Å². The molecule has 62 valence electrons. The molecule has 1 N–H and O–H groups in total. The van der Waals surface area contributed by atoms with Gasteiger partial charge in [0, 0.05) is 22.1 Å². The van der Waals surface area contributed by atoms with Crippen LogP contribution in [0.3, 0.4) is 0 Å². The number of pyridine rings is 1. The first-order chi connectivity index (χ1) is 5.81. The largest absolute Gasteiger partial charge is 0.481 e. The molecule has 0 fully saturated rings. The number of aromatic amines is 1.